The van der Waals surface area contributed by atoms with Crippen LogP contribution in [0, 0.1) is 6.92 Å². The Bertz CT molecular complexity index is 775. The number of carbonyl (C=O) groups is 1. The number of rotatable bonds is 1. The molecule has 0 fully saturated rings. The van der Waals surface area contributed by atoms with Gasteiger partial charge in [-0.15, -0.1) is 0 Å². The second-order valence-corrected chi connectivity index (χ2v) is 5.38. The van der Waals surface area contributed by atoms with Crippen LogP contribution in [0.3, 0.4) is 0 Å². The van der Waals surface area contributed by atoms with Gasteiger partial charge in [-0.1, -0.05) is 12.1 Å². The minimum atomic E-state index is 0.0323. The number of allylic oxidation sites excluding steroid dienone is 1. The molecule has 2 heterocycles. The Kier molecular flexibility index (Phi) is 2.30. The lowest BCUT2D eigenvalue weighted by atomic mass is 9.97. The molecule has 1 aromatic carbocycles. The van der Waals surface area contributed by atoms with Crippen LogP contribution in [0.15, 0.2) is 36.5 Å². The van der Waals surface area contributed by atoms with E-state index >= 15 is 0 Å². The topological polar surface area (TPSA) is 42.0 Å². The van der Waals surface area contributed by atoms with Crippen molar-refractivity contribution in [3.63, 3.8) is 0 Å². The van der Waals surface area contributed by atoms with Crippen LogP contribution < -0.4 is 5.32 Å². The number of benzene rings is 1. The largest absolute Gasteiger partial charge is 0.348 e. The van der Waals surface area contributed by atoms with E-state index in [1.807, 2.05) is 18.3 Å². The first-order chi connectivity index (χ1) is 9.72. The molecular weight excluding hydrogens is 248 g/mol. The summed E-state index contributed by atoms with van der Waals surface area (Å²) in [6.07, 6.45) is 5.03. The van der Waals surface area contributed by atoms with E-state index in [4.69, 9.17) is 0 Å². The second-order valence-electron chi connectivity index (χ2n) is 5.38. The van der Waals surface area contributed by atoms with E-state index in [-0.39, 0.29) is 5.91 Å². The van der Waals surface area contributed by atoms with Crippen molar-refractivity contribution in [3.8, 4) is 0 Å². The van der Waals surface area contributed by atoms with Crippen molar-refractivity contribution < 1.29 is 4.79 Å². The van der Waals surface area contributed by atoms with Gasteiger partial charge in [0.15, 0.2) is 0 Å². The number of aromatic nitrogens is 1. The van der Waals surface area contributed by atoms with Crippen LogP contribution in [0.1, 0.15) is 38.3 Å². The molecule has 0 unspecified atom stereocenters. The van der Waals surface area contributed by atoms with E-state index in [9.17, 15) is 4.79 Å². The van der Waals surface area contributed by atoms with Gasteiger partial charge in [0.05, 0.1) is 5.69 Å². The van der Waals surface area contributed by atoms with E-state index in [1.165, 1.54) is 22.3 Å². The molecule has 2 aromatic rings. The summed E-state index contributed by atoms with van der Waals surface area (Å²) in [7, 11) is 0. The van der Waals surface area contributed by atoms with Crippen molar-refractivity contribution in [2.24, 2.45) is 0 Å². The van der Waals surface area contributed by atoms with Gasteiger partial charge in [0.25, 0.3) is 5.91 Å². The Morgan fingerprint density at radius 2 is 2.10 bits per heavy atom. The molecule has 0 saturated carbocycles. The highest BCUT2D eigenvalue weighted by atomic mass is 16.1. The zero-order valence-corrected chi connectivity index (χ0v) is 11.2. The van der Waals surface area contributed by atoms with Gasteiger partial charge in [-0.25, -0.2) is 0 Å². The molecule has 1 amide bonds. The Morgan fingerprint density at radius 1 is 1.20 bits per heavy atom. The van der Waals surface area contributed by atoms with Crippen LogP contribution in [0.2, 0.25) is 0 Å². The highest BCUT2D eigenvalue weighted by molar-refractivity contribution is 5.99. The molecule has 1 aromatic heterocycles. The molecule has 1 aliphatic heterocycles. The summed E-state index contributed by atoms with van der Waals surface area (Å²) in [5.41, 5.74) is 7.83. The number of nitrogens with zero attached hydrogens (tertiary/aromatic N) is 1. The van der Waals surface area contributed by atoms with E-state index in [0.29, 0.717) is 6.54 Å². The summed E-state index contributed by atoms with van der Waals surface area (Å²) >= 11 is 0. The van der Waals surface area contributed by atoms with Crippen molar-refractivity contribution in [1.82, 2.24) is 10.3 Å². The minimum Gasteiger partial charge on any atom is -0.348 e. The second kappa shape index (κ2) is 4.04. The van der Waals surface area contributed by atoms with Crippen LogP contribution in [-0.4, -0.2) is 10.9 Å². The average Bonchev–Trinajstić information content (AvgIpc) is 3.02. The first-order valence-electron chi connectivity index (χ1n) is 6.80. The fourth-order valence-corrected chi connectivity index (χ4v) is 2.98. The molecule has 0 saturated heterocycles. The number of fused-ring (bicyclic) bond motifs is 2. The summed E-state index contributed by atoms with van der Waals surface area (Å²) in [5.74, 6) is 0.0323. The van der Waals surface area contributed by atoms with Gasteiger partial charge in [-0.2, -0.15) is 0 Å². The SMILES string of the molecule is Cc1cnc2c(c1)C(c1ccc3c(c1)CNC3=O)=CC2. The zero-order chi connectivity index (χ0) is 13.7. The van der Waals surface area contributed by atoms with Crippen LogP contribution >= 0.6 is 0 Å². The molecule has 0 bridgehead atoms. The Hall–Kier alpha value is -2.42. The fourth-order valence-electron chi connectivity index (χ4n) is 2.98. The summed E-state index contributed by atoms with van der Waals surface area (Å²) < 4.78 is 0. The van der Waals surface area contributed by atoms with Gasteiger partial charge in [0.2, 0.25) is 0 Å². The number of hydrogen-bond donors (Lipinski definition) is 1. The van der Waals surface area contributed by atoms with Gasteiger partial charge in [-0.05, 0) is 47.4 Å². The van der Waals surface area contributed by atoms with Crippen LogP contribution in [0.4, 0.5) is 0 Å². The van der Waals surface area contributed by atoms with Crippen LogP contribution in [0.5, 0.6) is 0 Å². The maximum Gasteiger partial charge on any atom is 0.251 e. The van der Waals surface area contributed by atoms with Gasteiger partial charge in [0, 0.05) is 30.3 Å². The number of pyridine rings is 1. The lowest BCUT2D eigenvalue weighted by Crippen LogP contribution is -2.12. The molecule has 1 N–H and O–H groups in total. The van der Waals surface area contributed by atoms with Crippen molar-refractivity contribution >= 4 is 11.5 Å². The molecule has 4 rings (SSSR count). The molecule has 2 aliphatic rings. The van der Waals surface area contributed by atoms with E-state index in [1.54, 1.807) is 0 Å². The number of amides is 1. The zero-order valence-electron chi connectivity index (χ0n) is 11.2. The molecule has 0 spiro atoms. The molecule has 98 valence electrons. The van der Waals surface area contributed by atoms with Crippen molar-refractivity contribution in [3.05, 3.63) is 70.0 Å². The minimum absolute atomic E-state index is 0.0323. The smallest absolute Gasteiger partial charge is 0.251 e. The lowest BCUT2D eigenvalue weighted by molar-refractivity contribution is 0.0966. The number of nitrogens with one attached hydrogen (secondary N) is 1. The highest BCUT2D eigenvalue weighted by Crippen LogP contribution is 2.33. The van der Waals surface area contributed by atoms with Crippen molar-refractivity contribution in [1.29, 1.82) is 0 Å². The van der Waals surface area contributed by atoms with Crippen molar-refractivity contribution in [2.45, 2.75) is 19.9 Å². The predicted octanol–water partition coefficient (Wildman–Crippen LogP) is 2.62. The Labute approximate surface area is 117 Å². The predicted molar refractivity (Wildman–Crippen MR) is 77.4 cm³/mol. The first-order valence-corrected chi connectivity index (χ1v) is 6.80. The number of hydrogen-bond acceptors (Lipinski definition) is 2. The van der Waals surface area contributed by atoms with Crippen molar-refractivity contribution in [2.75, 3.05) is 0 Å². The van der Waals surface area contributed by atoms with E-state index < -0.39 is 0 Å². The van der Waals surface area contributed by atoms with Gasteiger partial charge >= 0.3 is 0 Å². The van der Waals surface area contributed by atoms with Crippen LogP contribution in [0.25, 0.3) is 5.57 Å². The van der Waals surface area contributed by atoms with Gasteiger partial charge < -0.3 is 5.32 Å². The normalized spacial score (nSPS) is 15.7. The monoisotopic (exact) mass is 262 g/mol. The van der Waals surface area contributed by atoms with E-state index in [2.05, 4.69) is 35.4 Å². The standard InChI is InChI=1S/C17H14N2O/c1-10-6-15-13(4-5-16(15)18-8-10)11-2-3-14-12(7-11)9-19-17(14)20/h2-4,6-8H,5,9H2,1H3,(H,19,20). The molecule has 3 nitrogen and oxygen atoms in total. The first kappa shape index (κ1) is 11.4. The Morgan fingerprint density at radius 3 is 3.00 bits per heavy atom. The van der Waals surface area contributed by atoms with E-state index in [0.717, 1.165) is 23.2 Å². The summed E-state index contributed by atoms with van der Waals surface area (Å²) in [6, 6.07) is 8.27. The highest BCUT2D eigenvalue weighted by Gasteiger charge is 2.22. The molecule has 1 aliphatic carbocycles. The molecule has 0 atom stereocenters. The van der Waals surface area contributed by atoms with Gasteiger partial charge in [-0.3, -0.25) is 9.78 Å². The summed E-state index contributed by atoms with van der Waals surface area (Å²) in [4.78, 5) is 16.1. The van der Waals surface area contributed by atoms with Crippen LogP contribution in [-0.2, 0) is 13.0 Å². The van der Waals surface area contributed by atoms with Gasteiger partial charge in [0.1, 0.15) is 0 Å². The lowest BCUT2D eigenvalue weighted by Gasteiger charge is -2.08. The quantitative estimate of drug-likeness (QED) is 0.858. The maximum absolute atomic E-state index is 11.6. The third-order valence-electron chi connectivity index (χ3n) is 4.00. The fraction of sp³-hybridized carbons (Fsp3) is 0.176. The molecule has 20 heavy (non-hydrogen) atoms. The molecule has 0 radical (unpaired) electrons. The molecule has 3 heteroatoms. The third-order valence-corrected chi connectivity index (χ3v) is 4.00. The average molecular weight is 262 g/mol. The summed E-state index contributed by atoms with van der Waals surface area (Å²) in [5, 5.41) is 2.86. The summed E-state index contributed by atoms with van der Waals surface area (Å²) in [6.45, 7) is 2.70. The Balaban J connectivity index is 1.81. The maximum atomic E-state index is 11.6. The molecular formula is C17H14N2O. The number of carbonyl (C=O) groups excluding carboxylic acids is 1. The number of aryl methyl sites for hydroxylation is 1. The third kappa shape index (κ3) is 1.59.